The lowest BCUT2D eigenvalue weighted by Gasteiger charge is -2.36. The highest BCUT2D eigenvalue weighted by molar-refractivity contribution is 6.36. The summed E-state index contributed by atoms with van der Waals surface area (Å²) in [6.45, 7) is 4.34. The first-order chi connectivity index (χ1) is 15.9. The maximum atomic E-state index is 12.6. The minimum atomic E-state index is -0.271. The van der Waals surface area contributed by atoms with Crippen LogP contribution in [-0.4, -0.2) is 42.9 Å². The zero-order chi connectivity index (χ0) is 23.4. The first kappa shape index (κ1) is 23.0. The van der Waals surface area contributed by atoms with E-state index in [2.05, 4.69) is 10.2 Å². The van der Waals surface area contributed by atoms with Crippen molar-refractivity contribution in [2.45, 2.75) is 6.92 Å². The molecule has 0 unspecified atom stereocenters. The normalized spacial score (nSPS) is 14.0. The van der Waals surface area contributed by atoms with Crippen LogP contribution in [0.25, 0.3) is 17.4 Å². The molecule has 1 aliphatic heterocycles. The molecular formula is C25H23Cl2N3O3. The summed E-state index contributed by atoms with van der Waals surface area (Å²) in [6, 6.07) is 16.4. The van der Waals surface area contributed by atoms with Crippen molar-refractivity contribution in [2.75, 3.05) is 36.4 Å². The molecule has 6 nitrogen and oxygen atoms in total. The first-order valence-corrected chi connectivity index (χ1v) is 11.3. The van der Waals surface area contributed by atoms with Crippen LogP contribution < -0.4 is 10.2 Å². The van der Waals surface area contributed by atoms with Crippen molar-refractivity contribution in [1.29, 1.82) is 0 Å². The van der Waals surface area contributed by atoms with Gasteiger partial charge < -0.3 is 19.5 Å². The monoisotopic (exact) mass is 483 g/mol. The Balaban J connectivity index is 1.42. The number of furan rings is 1. The fourth-order valence-electron chi connectivity index (χ4n) is 3.73. The summed E-state index contributed by atoms with van der Waals surface area (Å²) >= 11 is 12.2. The number of benzene rings is 2. The first-order valence-electron chi connectivity index (χ1n) is 10.5. The highest BCUT2D eigenvalue weighted by atomic mass is 35.5. The van der Waals surface area contributed by atoms with Gasteiger partial charge in [-0.1, -0.05) is 35.3 Å². The van der Waals surface area contributed by atoms with Gasteiger partial charge in [0.1, 0.15) is 11.5 Å². The van der Waals surface area contributed by atoms with E-state index in [0.29, 0.717) is 47.7 Å². The van der Waals surface area contributed by atoms with Crippen molar-refractivity contribution in [1.82, 2.24) is 4.90 Å². The van der Waals surface area contributed by atoms with E-state index in [0.717, 1.165) is 16.9 Å². The Bertz CT molecular complexity index is 1200. The van der Waals surface area contributed by atoms with E-state index in [1.165, 1.54) is 6.08 Å². The largest absolute Gasteiger partial charge is 0.457 e. The van der Waals surface area contributed by atoms with Crippen molar-refractivity contribution in [3.05, 3.63) is 76.5 Å². The molecular weight excluding hydrogens is 461 g/mol. The third-order valence-corrected chi connectivity index (χ3v) is 6.00. The van der Waals surface area contributed by atoms with Crippen LogP contribution in [0.15, 0.2) is 65.1 Å². The highest BCUT2D eigenvalue weighted by Gasteiger charge is 2.20. The Morgan fingerprint density at radius 1 is 1.00 bits per heavy atom. The Labute approximate surface area is 202 Å². The topological polar surface area (TPSA) is 65.8 Å². The maximum Gasteiger partial charge on any atom is 0.248 e. The van der Waals surface area contributed by atoms with E-state index in [4.69, 9.17) is 27.6 Å². The number of halogens is 2. The van der Waals surface area contributed by atoms with E-state index < -0.39 is 0 Å². The molecule has 8 heteroatoms. The molecule has 0 bridgehead atoms. The predicted octanol–water partition coefficient (Wildman–Crippen LogP) is 5.57. The molecule has 2 amide bonds. The van der Waals surface area contributed by atoms with Gasteiger partial charge in [-0.15, -0.1) is 0 Å². The molecule has 1 saturated heterocycles. The van der Waals surface area contributed by atoms with Gasteiger partial charge in [0.15, 0.2) is 0 Å². The summed E-state index contributed by atoms with van der Waals surface area (Å²) in [4.78, 5) is 28.2. The number of hydrogen-bond acceptors (Lipinski definition) is 4. The fraction of sp³-hybridized carbons (Fsp3) is 0.200. The van der Waals surface area contributed by atoms with E-state index in [1.54, 1.807) is 43.3 Å². The lowest BCUT2D eigenvalue weighted by molar-refractivity contribution is -0.129. The summed E-state index contributed by atoms with van der Waals surface area (Å²) in [5.74, 6) is 0.930. The van der Waals surface area contributed by atoms with Gasteiger partial charge in [0.25, 0.3) is 0 Å². The Morgan fingerprint density at radius 3 is 2.48 bits per heavy atom. The molecule has 1 aromatic heterocycles. The van der Waals surface area contributed by atoms with Gasteiger partial charge in [-0.2, -0.15) is 0 Å². The van der Waals surface area contributed by atoms with Crippen molar-refractivity contribution in [2.24, 2.45) is 0 Å². The number of carbonyl (C=O) groups excluding carboxylic acids is 2. The molecule has 4 rings (SSSR count). The molecule has 0 atom stereocenters. The predicted molar refractivity (Wildman–Crippen MR) is 133 cm³/mol. The van der Waals surface area contributed by atoms with Gasteiger partial charge in [0.05, 0.1) is 16.4 Å². The Hall–Kier alpha value is -3.22. The minimum absolute atomic E-state index is 0.0841. The molecule has 170 valence electrons. The molecule has 1 fully saturated rings. The van der Waals surface area contributed by atoms with Crippen molar-refractivity contribution >= 4 is 52.5 Å². The van der Waals surface area contributed by atoms with Gasteiger partial charge in [0, 0.05) is 49.8 Å². The molecule has 0 radical (unpaired) electrons. The number of nitrogens with one attached hydrogen (secondary N) is 1. The van der Waals surface area contributed by atoms with E-state index in [-0.39, 0.29) is 11.8 Å². The number of nitrogens with zero attached hydrogens (tertiary/aromatic N) is 2. The van der Waals surface area contributed by atoms with Crippen LogP contribution in [-0.2, 0) is 9.59 Å². The highest BCUT2D eigenvalue weighted by Crippen LogP contribution is 2.32. The van der Waals surface area contributed by atoms with Crippen LogP contribution in [0.1, 0.15) is 12.7 Å². The van der Waals surface area contributed by atoms with Crippen LogP contribution in [0.3, 0.4) is 0 Å². The Morgan fingerprint density at radius 2 is 1.76 bits per heavy atom. The van der Waals surface area contributed by atoms with Gasteiger partial charge in [-0.25, -0.2) is 0 Å². The summed E-state index contributed by atoms with van der Waals surface area (Å²) in [5.41, 5.74) is 2.38. The summed E-state index contributed by atoms with van der Waals surface area (Å²) in [6.07, 6.45) is 3.04. The zero-order valence-corrected chi connectivity index (χ0v) is 19.6. The number of hydrogen-bond donors (Lipinski definition) is 1. The van der Waals surface area contributed by atoms with Crippen LogP contribution in [0.5, 0.6) is 0 Å². The number of carbonyl (C=O) groups is 2. The number of amides is 2. The molecule has 0 spiro atoms. The molecule has 1 N–H and O–H groups in total. The Kier molecular flexibility index (Phi) is 7.06. The average Bonchev–Trinajstić information content (AvgIpc) is 3.27. The second kappa shape index (κ2) is 10.1. The third-order valence-electron chi connectivity index (χ3n) is 5.45. The second-order valence-corrected chi connectivity index (χ2v) is 8.50. The fourth-order valence-corrected chi connectivity index (χ4v) is 4.23. The summed E-state index contributed by atoms with van der Waals surface area (Å²) in [7, 11) is 0. The summed E-state index contributed by atoms with van der Waals surface area (Å²) < 4.78 is 5.80. The van der Waals surface area contributed by atoms with E-state index >= 15 is 0 Å². The SMILES string of the molecule is CC(=O)N1CCN(c2ccccc2NC(=O)/C=C/c2ccc(-c3ccc(Cl)cc3Cl)o2)CC1. The van der Waals surface area contributed by atoms with E-state index in [1.807, 2.05) is 29.2 Å². The molecule has 1 aliphatic rings. The standard InChI is InChI=1S/C25H23Cl2N3O3/c1-17(31)29-12-14-30(15-13-29)23-5-3-2-4-22(23)28-25(32)11-8-19-7-10-24(33-19)20-9-6-18(26)16-21(20)27/h2-11,16H,12-15H2,1H3,(H,28,32)/b11-8+. The quantitative estimate of drug-likeness (QED) is 0.481. The van der Waals surface area contributed by atoms with Gasteiger partial charge >= 0.3 is 0 Å². The minimum Gasteiger partial charge on any atom is -0.457 e. The summed E-state index contributed by atoms with van der Waals surface area (Å²) in [5, 5.41) is 3.98. The zero-order valence-electron chi connectivity index (χ0n) is 18.1. The lowest BCUT2D eigenvalue weighted by Crippen LogP contribution is -2.48. The molecule has 0 saturated carbocycles. The lowest BCUT2D eigenvalue weighted by atomic mass is 10.2. The molecule has 33 heavy (non-hydrogen) atoms. The molecule has 2 aromatic carbocycles. The molecule has 0 aliphatic carbocycles. The van der Waals surface area contributed by atoms with E-state index in [9.17, 15) is 9.59 Å². The van der Waals surface area contributed by atoms with Crippen molar-refractivity contribution < 1.29 is 14.0 Å². The van der Waals surface area contributed by atoms with Gasteiger partial charge in [-0.05, 0) is 48.5 Å². The van der Waals surface area contributed by atoms with Gasteiger partial charge in [-0.3, -0.25) is 9.59 Å². The van der Waals surface area contributed by atoms with Crippen LogP contribution >= 0.6 is 23.2 Å². The smallest absolute Gasteiger partial charge is 0.248 e. The number of rotatable bonds is 5. The number of para-hydroxylation sites is 2. The van der Waals surface area contributed by atoms with Crippen molar-refractivity contribution in [3.8, 4) is 11.3 Å². The number of piperazine rings is 1. The second-order valence-electron chi connectivity index (χ2n) is 7.66. The number of anilines is 2. The molecule has 2 heterocycles. The van der Waals surface area contributed by atoms with Crippen LogP contribution in [0.2, 0.25) is 10.0 Å². The average molecular weight is 484 g/mol. The van der Waals surface area contributed by atoms with Crippen LogP contribution in [0.4, 0.5) is 11.4 Å². The van der Waals surface area contributed by atoms with Crippen molar-refractivity contribution in [3.63, 3.8) is 0 Å². The van der Waals surface area contributed by atoms with Crippen LogP contribution in [0, 0.1) is 0 Å². The molecule has 3 aromatic rings. The maximum absolute atomic E-state index is 12.6. The third kappa shape index (κ3) is 5.59. The van der Waals surface area contributed by atoms with Gasteiger partial charge in [0.2, 0.25) is 11.8 Å².